The normalized spacial score (nSPS) is 11.4. The molecule has 0 aliphatic rings. The number of alkyl halides is 3. The van der Waals surface area contributed by atoms with Crippen LogP contribution >= 0.6 is 0 Å². The third-order valence-corrected chi connectivity index (χ3v) is 4.60. The predicted molar refractivity (Wildman–Crippen MR) is 105 cm³/mol. The Morgan fingerprint density at radius 1 is 0.933 bits per heavy atom. The van der Waals surface area contributed by atoms with Crippen LogP contribution in [-0.4, -0.2) is 42.6 Å². The second-order valence-electron chi connectivity index (χ2n) is 6.35. The zero-order valence-corrected chi connectivity index (χ0v) is 16.7. The fourth-order valence-electron chi connectivity index (χ4n) is 3.21. The van der Waals surface area contributed by atoms with Gasteiger partial charge in [-0.05, 0) is 24.3 Å². The van der Waals surface area contributed by atoms with E-state index in [1.165, 1.54) is 39.8 Å². The van der Waals surface area contributed by atoms with Gasteiger partial charge in [-0.1, -0.05) is 12.1 Å². The average Bonchev–Trinajstić information content (AvgIpc) is 3.16. The molecule has 1 aromatic heterocycles. The highest BCUT2D eigenvalue weighted by molar-refractivity contribution is 5.81. The number of benzene rings is 2. The molecule has 30 heavy (non-hydrogen) atoms. The number of aliphatic hydroxyl groups is 1. The van der Waals surface area contributed by atoms with Crippen molar-refractivity contribution < 1.29 is 32.5 Å². The highest BCUT2D eigenvalue weighted by Gasteiger charge is 2.30. The molecule has 0 amide bonds. The summed E-state index contributed by atoms with van der Waals surface area (Å²) in [6.45, 7) is 0.111. The molecular weight excluding hydrogens is 401 g/mol. The number of methoxy groups -OCH3 is 3. The van der Waals surface area contributed by atoms with Crippen molar-refractivity contribution in [2.24, 2.45) is 0 Å². The number of aliphatic hydroxyl groups excluding tert-OH is 1. The lowest BCUT2D eigenvalue weighted by Crippen LogP contribution is -2.05. The number of ether oxygens (including phenoxy) is 3. The highest BCUT2D eigenvalue weighted by Crippen LogP contribution is 2.43. The van der Waals surface area contributed by atoms with E-state index in [-0.39, 0.29) is 13.2 Å². The van der Waals surface area contributed by atoms with Crippen LogP contribution in [0.1, 0.15) is 5.56 Å². The van der Waals surface area contributed by atoms with E-state index in [1.807, 2.05) is 0 Å². The van der Waals surface area contributed by atoms with Crippen LogP contribution in [0.25, 0.3) is 22.5 Å². The molecule has 0 aliphatic heterocycles. The minimum absolute atomic E-state index is 0.139. The molecule has 2 aromatic carbocycles. The summed E-state index contributed by atoms with van der Waals surface area (Å²) in [5, 5.41) is 9.44. The van der Waals surface area contributed by atoms with Crippen LogP contribution in [0.15, 0.2) is 42.7 Å². The summed E-state index contributed by atoms with van der Waals surface area (Å²) >= 11 is 0. The van der Waals surface area contributed by atoms with E-state index in [0.29, 0.717) is 39.8 Å². The molecule has 3 rings (SSSR count). The van der Waals surface area contributed by atoms with E-state index >= 15 is 0 Å². The minimum Gasteiger partial charge on any atom is -0.493 e. The van der Waals surface area contributed by atoms with Crippen molar-refractivity contribution in [2.75, 3.05) is 27.9 Å². The van der Waals surface area contributed by atoms with Crippen molar-refractivity contribution in [3.05, 3.63) is 48.3 Å². The molecular formula is C21H21F3N2O4. The summed E-state index contributed by atoms with van der Waals surface area (Å²) in [6, 6.07) is 8.21. The van der Waals surface area contributed by atoms with Crippen molar-refractivity contribution >= 4 is 0 Å². The molecule has 0 atom stereocenters. The quantitative estimate of drug-likeness (QED) is 0.617. The van der Waals surface area contributed by atoms with Crippen molar-refractivity contribution in [1.82, 2.24) is 9.55 Å². The maximum Gasteiger partial charge on any atom is 0.416 e. The predicted octanol–water partition coefficient (Wildman–Crippen LogP) is 4.25. The van der Waals surface area contributed by atoms with E-state index in [0.717, 1.165) is 12.1 Å². The number of halogens is 3. The molecule has 0 bridgehead atoms. The molecule has 0 unspecified atom stereocenters. The summed E-state index contributed by atoms with van der Waals surface area (Å²) in [5.74, 6) is 1.25. The van der Waals surface area contributed by atoms with Crippen molar-refractivity contribution in [2.45, 2.75) is 12.7 Å². The van der Waals surface area contributed by atoms with Gasteiger partial charge in [0.15, 0.2) is 11.5 Å². The second-order valence-corrected chi connectivity index (χ2v) is 6.35. The van der Waals surface area contributed by atoms with Crippen LogP contribution in [0.4, 0.5) is 13.2 Å². The van der Waals surface area contributed by atoms with Gasteiger partial charge in [-0.3, -0.25) is 0 Å². The Kier molecular flexibility index (Phi) is 6.21. The van der Waals surface area contributed by atoms with Gasteiger partial charge < -0.3 is 23.9 Å². The van der Waals surface area contributed by atoms with Crippen molar-refractivity contribution in [3.63, 3.8) is 0 Å². The first-order chi connectivity index (χ1) is 14.3. The molecule has 0 spiro atoms. The summed E-state index contributed by atoms with van der Waals surface area (Å²) in [6.07, 6.45) is -2.89. The number of hydrogen-bond donors (Lipinski definition) is 1. The second kappa shape index (κ2) is 8.66. The van der Waals surface area contributed by atoms with Crippen LogP contribution in [-0.2, 0) is 12.7 Å². The number of hydrogen-bond acceptors (Lipinski definition) is 5. The first-order valence-corrected chi connectivity index (χ1v) is 8.98. The number of nitrogens with zero attached hydrogens (tertiary/aromatic N) is 2. The third-order valence-electron chi connectivity index (χ3n) is 4.60. The number of aromatic nitrogens is 2. The Bertz CT molecular complexity index is 989. The van der Waals surface area contributed by atoms with Gasteiger partial charge in [0, 0.05) is 17.7 Å². The van der Waals surface area contributed by atoms with Gasteiger partial charge in [0.1, 0.15) is 0 Å². The van der Waals surface area contributed by atoms with Crippen LogP contribution in [0.3, 0.4) is 0 Å². The standard InChI is InChI=1S/C21H21F3N2O4/c1-28-16-10-14(11-17(29-2)20(16)30-3)19-18(25-12-26(19)8-9-27)13-4-6-15(7-5-13)21(22,23)24/h4-7,10-12,27H,8-9H2,1-3H3. The zero-order chi connectivity index (χ0) is 21.9. The summed E-state index contributed by atoms with van der Waals surface area (Å²) in [7, 11) is 4.47. The highest BCUT2D eigenvalue weighted by atomic mass is 19.4. The molecule has 1 heterocycles. The van der Waals surface area contributed by atoms with E-state index in [2.05, 4.69) is 4.98 Å². The van der Waals surface area contributed by atoms with Crippen LogP contribution in [0.2, 0.25) is 0 Å². The van der Waals surface area contributed by atoms with Crippen LogP contribution in [0.5, 0.6) is 17.2 Å². The molecule has 1 N–H and O–H groups in total. The zero-order valence-electron chi connectivity index (χ0n) is 16.7. The fourth-order valence-corrected chi connectivity index (χ4v) is 3.21. The lowest BCUT2D eigenvalue weighted by molar-refractivity contribution is -0.137. The van der Waals surface area contributed by atoms with Gasteiger partial charge >= 0.3 is 6.18 Å². The van der Waals surface area contributed by atoms with Gasteiger partial charge in [0.25, 0.3) is 0 Å². The average molecular weight is 422 g/mol. The molecule has 0 saturated heterocycles. The monoisotopic (exact) mass is 422 g/mol. The molecule has 0 fully saturated rings. The Balaban J connectivity index is 2.19. The summed E-state index contributed by atoms with van der Waals surface area (Å²) in [4.78, 5) is 4.38. The molecule has 0 saturated carbocycles. The summed E-state index contributed by atoms with van der Waals surface area (Å²) < 4.78 is 56.6. The van der Waals surface area contributed by atoms with Gasteiger partial charge in [-0.2, -0.15) is 13.2 Å². The van der Waals surface area contributed by atoms with E-state index in [4.69, 9.17) is 14.2 Å². The first-order valence-electron chi connectivity index (χ1n) is 8.98. The maximum atomic E-state index is 12.9. The van der Waals surface area contributed by atoms with Crippen LogP contribution in [0, 0.1) is 0 Å². The van der Waals surface area contributed by atoms with Crippen molar-refractivity contribution in [3.8, 4) is 39.8 Å². The fraction of sp³-hybridized carbons (Fsp3) is 0.286. The minimum atomic E-state index is -4.42. The molecule has 0 aliphatic carbocycles. The molecule has 3 aromatic rings. The molecule has 6 nitrogen and oxygen atoms in total. The van der Waals surface area contributed by atoms with Gasteiger partial charge in [-0.25, -0.2) is 4.98 Å². The van der Waals surface area contributed by atoms with Crippen molar-refractivity contribution in [1.29, 1.82) is 0 Å². The Hall–Kier alpha value is -3.20. The first kappa shape index (κ1) is 21.5. The number of rotatable bonds is 7. The number of imidazole rings is 1. The van der Waals surface area contributed by atoms with Crippen LogP contribution < -0.4 is 14.2 Å². The van der Waals surface area contributed by atoms with E-state index < -0.39 is 11.7 Å². The Morgan fingerprint density at radius 3 is 2.00 bits per heavy atom. The topological polar surface area (TPSA) is 65.7 Å². The Morgan fingerprint density at radius 2 is 1.53 bits per heavy atom. The molecule has 160 valence electrons. The van der Waals surface area contributed by atoms with Gasteiger partial charge in [0.05, 0.1) is 51.2 Å². The third kappa shape index (κ3) is 4.06. The lowest BCUT2D eigenvalue weighted by atomic mass is 10.0. The van der Waals surface area contributed by atoms with Gasteiger partial charge in [-0.15, -0.1) is 0 Å². The molecule has 0 radical (unpaired) electrons. The molecule has 9 heteroatoms. The smallest absolute Gasteiger partial charge is 0.416 e. The maximum absolute atomic E-state index is 12.9. The van der Waals surface area contributed by atoms with E-state index in [1.54, 1.807) is 16.7 Å². The van der Waals surface area contributed by atoms with Gasteiger partial charge in [0.2, 0.25) is 5.75 Å². The largest absolute Gasteiger partial charge is 0.493 e. The van der Waals surface area contributed by atoms with E-state index in [9.17, 15) is 18.3 Å². The Labute approximate surface area is 171 Å². The SMILES string of the molecule is COc1cc(-c2c(-c3ccc(C(F)(F)F)cc3)ncn2CCO)cc(OC)c1OC. The summed E-state index contributed by atoms with van der Waals surface area (Å²) in [5.41, 5.74) is 1.47. The lowest BCUT2D eigenvalue weighted by Gasteiger charge is -2.16.